The largest absolute Gasteiger partial charge is 0.480 e. The Balaban J connectivity index is 4.32. The van der Waals surface area contributed by atoms with Crippen LogP contribution in [0.15, 0.2) is 36.5 Å². The predicted molar refractivity (Wildman–Crippen MR) is 204 cm³/mol. The van der Waals surface area contributed by atoms with Crippen molar-refractivity contribution in [3.05, 3.63) is 36.5 Å². The van der Waals surface area contributed by atoms with Gasteiger partial charge in [0.2, 0.25) is 11.8 Å². The molecule has 0 fully saturated rings. The number of aliphatic hydroxyl groups is 1. The molecule has 0 rings (SSSR count). The van der Waals surface area contributed by atoms with Crippen molar-refractivity contribution in [1.29, 1.82) is 0 Å². The minimum atomic E-state index is -1.38. The average molecular weight is 705 g/mol. The normalized spacial score (nSPS) is 12.9. The van der Waals surface area contributed by atoms with Crippen LogP contribution in [-0.2, 0) is 23.9 Å². The molecule has 4 N–H and O–H groups in total. The molecule has 0 aliphatic rings. The number of carboxylic acids is 1. The van der Waals surface area contributed by atoms with E-state index in [1.54, 1.807) is 0 Å². The number of unbranched alkanes of at least 4 members (excludes halogenated alkanes) is 15. The minimum Gasteiger partial charge on any atom is -0.480 e. The Hall–Kier alpha value is -2.94. The van der Waals surface area contributed by atoms with Crippen molar-refractivity contribution in [2.45, 2.75) is 187 Å². The van der Waals surface area contributed by atoms with Gasteiger partial charge >= 0.3 is 11.9 Å². The second-order valence-corrected chi connectivity index (χ2v) is 13.3. The topological polar surface area (TPSA) is 142 Å². The Bertz CT molecular complexity index is 947. The molecule has 0 heterocycles. The highest BCUT2D eigenvalue weighted by Gasteiger charge is 2.19. The zero-order valence-electron chi connectivity index (χ0n) is 31.6. The van der Waals surface area contributed by atoms with Crippen molar-refractivity contribution in [2.24, 2.45) is 0 Å². The Morgan fingerprint density at radius 3 is 1.72 bits per heavy atom. The SMILES string of the molecule is CC/C=C\C/C=C\C/C=C\CCCCCC(=O)OC(CCCCCCCCCCC)CCCCCCCC(=O)NCC(=O)NC(CO)C(=O)O. The Kier molecular flexibility index (Phi) is 33.8. The summed E-state index contributed by atoms with van der Waals surface area (Å²) in [6, 6.07) is -1.38. The summed E-state index contributed by atoms with van der Waals surface area (Å²) in [6.45, 7) is 3.35. The molecule has 2 unspecified atom stereocenters. The van der Waals surface area contributed by atoms with Crippen LogP contribution >= 0.6 is 0 Å². The lowest BCUT2D eigenvalue weighted by Gasteiger charge is -2.18. The summed E-state index contributed by atoms with van der Waals surface area (Å²) in [4.78, 5) is 47.4. The van der Waals surface area contributed by atoms with Crippen molar-refractivity contribution in [3.63, 3.8) is 0 Å². The van der Waals surface area contributed by atoms with E-state index in [1.807, 2.05) is 0 Å². The summed E-state index contributed by atoms with van der Waals surface area (Å²) in [6.07, 6.45) is 38.8. The number of ether oxygens (including phenoxy) is 1. The molecule has 0 spiro atoms. The summed E-state index contributed by atoms with van der Waals surface area (Å²) >= 11 is 0. The first-order chi connectivity index (χ1) is 24.3. The number of nitrogens with one attached hydrogen (secondary N) is 2. The first-order valence-corrected chi connectivity index (χ1v) is 19.9. The highest BCUT2D eigenvalue weighted by atomic mass is 16.5. The number of aliphatic carboxylic acids is 1. The lowest BCUT2D eigenvalue weighted by Crippen LogP contribution is -2.47. The zero-order chi connectivity index (χ0) is 36.9. The number of carbonyl (C=O) groups is 4. The quantitative estimate of drug-likeness (QED) is 0.0293. The van der Waals surface area contributed by atoms with E-state index < -0.39 is 24.5 Å². The monoisotopic (exact) mass is 705 g/mol. The van der Waals surface area contributed by atoms with Gasteiger partial charge in [0, 0.05) is 12.8 Å². The molecule has 0 radical (unpaired) electrons. The van der Waals surface area contributed by atoms with E-state index >= 15 is 0 Å². The third-order valence-electron chi connectivity index (χ3n) is 8.65. The van der Waals surface area contributed by atoms with E-state index in [2.05, 4.69) is 60.9 Å². The van der Waals surface area contributed by atoms with Crippen molar-refractivity contribution in [1.82, 2.24) is 10.6 Å². The third-order valence-corrected chi connectivity index (χ3v) is 8.65. The van der Waals surface area contributed by atoms with Crippen LogP contribution in [0.4, 0.5) is 0 Å². The maximum atomic E-state index is 12.7. The molecular formula is C41H72N2O7. The summed E-state index contributed by atoms with van der Waals surface area (Å²) < 4.78 is 5.98. The molecule has 0 aromatic heterocycles. The van der Waals surface area contributed by atoms with Crippen molar-refractivity contribution >= 4 is 23.8 Å². The van der Waals surface area contributed by atoms with Gasteiger partial charge in [-0.15, -0.1) is 0 Å². The number of carbonyl (C=O) groups excluding carboxylic acids is 3. The van der Waals surface area contributed by atoms with Crippen molar-refractivity contribution < 1.29 is 34.1 Å². The number of rotatable bonds is 35. The highest BCUT2D eigenvalue weighted by Crippen LogP contribution is 2.18. The van der Waals surface area contributed by atoms with Gasteiger partial charge in [0.05, 0.1) is 13.2 Å². The Labute approximate surface area is 304 Å². The molecular weight excluding hydrogens is 632 g/mol. The molecule has 50 heavy (non-hydrogen) atoms. The smallest absolute Gasteiger partial charge is 0.328 e. The van der Waals surface area contributed by atoms with Crippen LogP contribution < -0.4 is 10.6 Å². The molecule has 9 nitrogen and oxygen atoms in total. The van der Waals surface area contributed by atoms with Crippen LogP contribution in [0, 0.1) is 0 Å². The van der Waals surface area contributed by atoms with E-state index in [0.29, 0.717) is 19.3 Å². The fourth-order valence-electron chi connectivity index (χ4n) is 5.61. The number of esters is 1. The molecule has 2 amide bonds. The summed E-state index contributed by atoms with van der Waals surface area (Å²) in [5, 5.41) is 22.5. The number of hydrogen-bond acceptors (Lipinski definition) is 6. The van der Waals surface area contributed by atoms with Crippen LogP contribution in [0.25, 0.3) is 0 Å². The van der Waals surface area contributed by atoms with Crippen LogP contribution in [0.5, 0.6) is 0 Å². The molecule has 0 aliphatic heterocycles. The van der Waals surface area contributed by atoms with Crippen molar-refractivity contribution in [2.75, 3.05) is 13.2 Å². The lowest BCUT2D eigenvalue weighted by atomic mass is 10.0. The average Bonchev–Trinajstić information content (AvgIpc) is 3.10. The van der Waals surface area contributed by atoms with Crippen LogP contribution in [0.2, 0.25) is 0 Å². The van der Waals surface area contributed by atoms with Gasteiger partial charge in [0.15, 0.2) is 0 Å². The molecule has 9 heteroatoms. The van der Waals surface area contributed by atoms with Crippen LogP contribution in [0.1, 0.15) is 174 Å². The van der Waals surface area contributed by atoms with E-state index in [1.165, 1.54) is 51.4 Å². The molecule has 0 saturated carbocycles. The van der Waals surface area contributed by atoms with E-state index in [0.717, 1.165) is 89.9 Å². The maximum absolute atomic E-state index is 12.7. The van der Waals surface area contributed by atoms with Gasteiger partial charge < -0.3 is 25.6 Å². The summed E-state index contributed by atoms with van der Waals surface area (Å²) in [5.74, 6) is -2.33. The van der Waals surface area contributed by atoms with Crippen molar-refractivity contribution in [3.8, 4) is 0 Å². The number of carboxylic acid groups (broad SMARTS) is 1. The zero-order valence-corrected chi connectivity index (χ0v) is 31.6. The standard InChI is InChI=1S/C41H72N2O7/c1-3-5-7-9-11-13-14-15-16-18-20-25-29-33-40(47)50-36(30-26-22-19-17-12-10-8-6-4-2)31-27-23-21-24-28-32-38(45)42-34-39(46)43-37(35-44)41(48)49/h5,7,11,13,15-16,36-37,44H,3-4,6,8-10,12,14,17-35H2,1-2H3,(H,42,45)(H,43,46)(H,48,49)/b7-5-,13-11-,16-15-. The lowest BCUT2D eigenvalue weighted by molar-refractivity contribution is -0.150. The molecule has 2 atom stereocenters. The minimum absolute atomic E-state index is 0.0241. The number of allylic oxidation sites excluding steroid dienone is 6. The number of hydrogen-bond donors (Lipinski definition) is 4. The van der Waals surface area contributed by atoms with Gasteiger partial charge in [-0.3, -0.25) is 14.4 Å². The highest BCUT2D eigenvalue weighted by molar-refractivity contribution is 5.87. The first kappa shape index (κ1) is 47.1. The molecule has 0 aromatic carbocycles. The number of aliphatic hydroxyl groups excluding tert-OH is 1. The van der Waals surface area contributed by atoms with Gasteiger partial charge in [-0.25, -0.2) is 4.79 Å². The maximum Gasteiger partial charge on any atom is 0.328 e. The van der Waals surface area contributed by atoms with E-state index in [4.69, 9.17) is 14.9 Å². The molecule has 0 saturated heterocycles. The second kappa shape index (κ2) is 35.9. The summed E-state index contributed by atoms with van der Waals surface area (Å²) in [7, 11) is 0. The Morgan fingerprint density at radius 1 is 0.620 bits per heavy atom. The summed E-state index contributed by atoms with van der Waals surface area (Å²) in [5.41, 5.74) is 0. The molecule has 288 valence electrons. The van der Waals surface area contributed by atoms with Gasteiger partial charge in [-0.2, -0.15) is 0 Å². The van der Waals surface area contributed by atoms with Gasteiger partial charge in [0.1, 0.15) is 12.1 Å². The predicted octanol–water partition coefficient (Wildman–Crippen LogP) is 9.04. The molecule has 0 bridgehead atoms. The van der Waals surface area contributed by atoms with Gasteiger partial charge in [-0.05, 0) is 70.6 Å². The third kappa shape index (κ3) is 32.3. The van der Waals surface area contributed by atoms with E-state index in [9.17, 15) is 19.2 Å². The van der Waals surface area contributed by atoms with Gasteiger partial charge in [-0.1, -0.05) is 127 Å². The fraction of sp³-hybridized carbons (Fsp3) is 0.756. The van der Waals surface area contributed by atoms with Crippen LogP contribution in [-0.4, -0.2) is 59.3 Å². The van der Waals surface area contributed by atoms with Gasteiger partial charge in [0.25, 0.3) is 0 Å². The second-order valence-electron chi connectivity index (χ2n) is 13.3. The van der Waals surface area contributed by atoms with E-state index in [-0.39, 0.29) is 24.5 Å². The molecule has 0 aromatic rings. The first-order valence-electron chi connectivity index (χ1n) is 19.9. The fourth-order valence-corrected chi connectivity index (χ4v) is 5.61. The Morgan fingerprint density at radius 2 is 1.14 bits per heavy atom. The van der Waals surface area contributed by atoms with Crippen LogP contribution in [0.3, 0.4) is 0 Å². The molecule has 0 aliphatic carbocycles. The number of amides is 2.